The number of halogens is 1. The monoisotopic (exact) mass is 456 g/mol. The standard InChI is InChI=1S/C21H21BrN4OS/c1-24-9-11-25(12-10-24)21(27)19-17-6-7-18-16(8-13-28-18)20(17)26(23-19)15-4-2-14(22)3-5-15/h2-5,8,13H,6-7,9-12H2,1H3. The summed E-state index contributed by atoms with van der Waals surface area (Å²) in [5.41, 5.74) is 5.01. The van der Waals surface area contributed by atoms with Crippen molar-refractivity contribution in [3.05, 3.63) is 56.3 Å². The van der Waals surface area contributed by atoms with Gasteiger partial charge < -0.3 is 9.80 Å². The Morgan fingerprint density at radius 3 is 2.57 bits per heavy atom. The maximum atomic E-state index is 13.4. The average molecular weight is 457 g/mol. The summed E-state index contributed by atoms with van der Waals surface area (Å²) in [4.78, 5) is 19.0. The van der Waals surface area contributed by atoms with Crippen LogP contribution in [0, 0.1) is 0 Å². The van der Waals surface area contributed by atoms with E-state index >= 15 is 0 Å². The topological polar surface area (TPSA) is 41.4 Å². The maximum Gasteiger partial charge on any atom is 0.274 e. The quantitative estimate of drug-likeness (QED) is 0.587. The molecular weight excluding hydrogens is 436 g/mol. The second-order valence-corrected chi connectivity index (χ2v) is 9.33. The van der Waals surface area contributed by atoms with Crippen molar-refractivity contribution in [3.63, 3.8) is 0 Å². The lowest BCUT2D eigenvalue weighted by molar-refractivity contribution is 0.0656. The third kappa shape index (κ3) is 3.02. The smallest absolute Gasteiger partial charge is 0.274 e. The molecule has 3 heterocycles. The molecule has 28 heavy (non-hydrogen) atoms. The second-order valence-electron chi connectivity index (χ2n) is 7.42. The molecule has 2 aromatic heterocycles. The number of hydrogen-bond acceptors (Lipinski definition) is 4. The van der Waals surface area contributed by atoms with Gasteiger partial charge in [-0.3, -0.25) is 4.79 Å². The van der Waals surface area contributed by atoms with E-state index in [4.69, 9.17) is 5.10 Å². The molecule has 1 aliphatic heterocycles. The molecule has 7 heteroatoms. The van der Waals surface area contributed by atoms with Crippen molar-refractivity contribution in [2.45, 2.75) is 12.8 Å². The van der Waals surface area contributed by atoms with Gasteiger partial charge in [-0.05, 0) is 55.6 Å². The Morgan fingerprint density at radius 1 is 1.07 bits per heavy atom. The number of amides is 1. The largest absolute Gasteiger partial charge is 0.335 e. The van der Waals surface area contributed by atoms with Crippen molar-refractivity contribution < 1.29 is 4.79 Å². The Morgan fingerprint density at radius 2 is 1.82 bits per heavy atom. The summed E-state index contributed by atoms with van der Waals surface area (Å²) in [6.07, 6.45) is 1.85. The van der Waals surface area contributed by atoms with E-state index in [1.807, 2.05) is 33.8 Å². The summed E-state index contributed by atoms with van der Waals surface area (Å²) in [6.45, 7) is 3.35. The highest BCUT2D eigenvalue weighted by molar-refractivity contribution is 9.10. The number of likely N-dealkylation sites (N-methyl/N-ethyl adjacent to an activating group) is 1. The van der Waals surface area contributed by atoms with Crippen LogP contribution in [0.4, 0.5) is 0 Å². The lowest BCUT2D eigenvalue weighted by Crippen LogP contribution is -2.47. The normalized spacial score (nSPS) is 16.7. The summed E-state index contributed by atoms with van der Waals surface area (Å²) in [7, 11) is 2.10. The average Bonchev–Trinajstić information content (AvgIpc) is 3.33. The molecule has 0 N–H and O–H groups in total. The van der Waals surface area contributed by atoms with E-state index in [0.717, 1.165) is 60.4 Å². The van der Waals surface area contributed by atoms with Crippen LogP contribution < -0.4 is 0 Å². The summed E-state index contributed by atoms with van der Waals surface area (Å²) in [6, 6.07) is 10.3. The first-order valence-corrected chi connectivity index (χ1v) is 11.2. The predicted molar refractivity (Wildman–Crippen MR) is 115 cm³/mol. The van der Waals surface area contributed by atoms with Gasteiger partial charge in [-0.2, -0.15) is 5.10 Å². The number of carbonyl (C=O) groups excluding carboxylic acids is 1. The molecule has 5 rings (SSSR count). The van der Waals surface area contributed by atoms with Crippen molar-refractivity contribution in [1.82, 2.24) is 19.6 Å². The molecule has 5 nitrogen and oxygen atoms in total. The molecule has 1 aliphatic carbocycles. The van der Waals surface area contributed by atoms with E-state index in [0.29, 0.717) is 5.69 Å². The minimum absolute atomic E-state index is 0.0684. The zero-order chi connectivity index (χ0) is 19.3. The fraction of sp³-hybridized carbons (Fsp3) is 0.333. The van der Waals surface area contributed by atoms with Crippen LogP contribution in [0.2, 0.25) is 0 Å². The Kier molecular flexibility index (Phi) is 4.61. The van der Waals surface area contributed by atoms with Crippen molar-refractivity contribution in [2.75, 3.05) is 33.2 Å². The Labute approximate surface area is 176 Å². The molecule has 0 atom stereocenters. The molecule has 3 aromatic rings. The molecule has 0 unspecified atom stereocenters. The number of piperazine rings is 1. The molecule has 2 aliphatic rings. The predicted octanol–water partition coefficient (Wildman–Crippen LogP) is 3.85. The van der Waals surface area contributed by atoms with Crippen LogP contribution in [0.1, 0.15) is 20.9 Å². The Hall–Kier alpha value is -1.96. The van der Waals surface area contributed by atoms with Gasteiger partial charge in [-0.1, -0.05) is 15.9 Å². The summed E-state index contributed by atoms with van der Waals surface area (Å²) < 4.78 is 3.00. The number of thiophene rings is 1. The highest BCUT2D eigenvalue weighted by Crippen LogP contribution is 2.39. The number of aryl methyl sites for hydroxylation is 1. The van der Waals surface area contributed by atoms with Crippen LogP contribution in [0.25, 0.3) is 16.9 Å². The van der Waals surface area contributed by atoms with Gasteiger partial charge in [0.15, 0.2) is 5.69 Å². The van der Waals surface area contributed by atoms with Gasteiger partial charge in [0.2, 0.25) is 0 Å². The van der Waals surface area contributed by atoms with E-state index in [9.17, 15) is 4.79 Å². The highest BCUT2D eigenvalue weighted by atomic mass is 79.9. The third-order valence-electron chi connectivity index (χ3n) is 5.65. The second kappa shape index (κ2) is 7.13. The first-order valence-electron chi connectivity index (χ1n) is 9.54. The van der Waals surface area contributed by atoms with E-state index in [1.54, 1.807) is 11.3 Å². The number of hydrogen-bond donors (Lipinski definition) is 0. The number of nitrogens with zero attached hydrogens (tertiary/aromatic N) is 4. The van der Waals surface area contributed by atoms with Crippen LogP contribution in [-0.4, -0.2) is 58.7 Å². The summed E-state index contributed by atoms with van der Waals surface area (Å²) in [5, 5.41) is 7.01. The molecule has 0 saturated carbocycles. The summed E-state index contributed by atoms with van der Waals surface area (Å²) >= 11 is 5.30. The van der Waals surface area contributed by atoms with Gasteiger partial charge >= 0.3 is 0 Å². The van der Waals surface area contributed by atoms with Crippen LogP contribution in [0.5, 0.6) is 0 Å². The number of benzene rings is 1. The zero-order valence-electron chi connectivity index (χ0n) is 15.7. The third-order valence-corrected chi connectivity index (χ3v) is 7.16. The van der Waals surface area contributed by atoms with E-state index in [1.165, 1.54) is 10.4 Å². The lowest BCUT2D eigenvalue weighted by atomic mass is 9.94. The first-order chi connectivity index (χ1) is 13.6. The number of aromatic nitrogens is 2. The fourth-order valence-electron chi connectivity index (χ4n) is 4.05. The van der Waals surface area contributed by atoms with Crippen molar-refractivity contribution in [3.8, 4) is 16.9 Å². The van der Waals surface area contributed by atoms with Gasteiger partial charge in [-0.15, -0.1) is 11.3 Å². The number of rotatable bonds is 2. The van der Waals surface area contributed by atoms with E-state index in [-0.39, 0.29) is 5.91 Å². The molecule has 1 fully saturated rings. The van der Waals surface area contributed by atoms with E-state index in [2.05, 4.69) is 39.3 Å². The molecule has 1 amide bonds. The van der Waals surface area contributed by atoms with Crippen molar-refractivity contribution in [1.29, 1.82) is 0 Å². The zero-order valence-corrected chi connectivity index (χ0v) is 18.1. The molecule has 1 saturated heterocycles. The maximum absolute atomic E-state index is 13.4. The minimum Gasteiger partial charge on any atom is -0.335 e. The van der Waals surface area contributed by atoms with Gasteiger partial charge in [0.05, 0.1) is 11.4 Å². The Bertz CT molecular complexity index is 1030. The van der Waals surface area contributed by atoms with Gasteiger partial charge in [0, 0.05) is 46.7 Å². The van der Waals surface area contributed by atoms with Crippen LogP contribution in [0.3, 0.4) is 0 Å². The van der Waals surface area contributed by atoms with E-state index < -0.39 is 0 Å². The number of carbonyl (C=O) groups is 1. The molecule has 144 valence electrons. The first kappa shape index (κ1) is 18.1. The van der Waals surface area contributed by atoms with Crippen LogP contribution in [0.15, 0.2) is 40.2 Å². The summed E-state index contributed by atoms with van der Waals surface area (Å²) in [5.74, 6) is 0.0684. The lowest BCUT2D eigenvalue weighted by Gasteiger charge is -2.32. The fourth-order valence-corrected chi connectivity index (χ4v) is 5.19. The minimum atomic E-state index is 0.0684. The molecule has 0 radical (unpaired) electrons. The SMILES string of the molecule is CN1CCN(C(=O)c2nn(-c3ccc(Br)cc3)c3c2CCc2sccc2-3)CC1. The Balaban J connectivity index is 1.62. The van der Waals surface area contributed by atoms with Crippen molar-refractivity contribution in [2.24, 2.45) is 0 Å². The molecular formula is C21H21BrN4OS. The van der Waals surface area contributed by atoms with Gasteiger partial charge in [0.1, 0.15) is 0 Å². The van der Waals surface area contributed by atoms with Crippen LogP contribution >= 0.6 is 27.3 Å². The van der Waals surface area contributed by atoms with Gasteiger partial charge in [0.25, 0.3) is 5.91 Å². The van der Waals surface area contributed by atoms with Crippen LogP contribution in [-0.2, 0) is 12.8 Å². The highest BCUT2D eigenvalue weighted by Gasteiger charge is 2.32. The molecule has 0 bridgehead atoms. The van der Waals surface area contributed by atoms with Crippen molar-refractivity contribution >= 4 is 33.2 Å². The number of fused-ring (bicyclic) bond motifs is 3. The molecule has 1 aromatic carbocycles. The molecule has 0 spiro atoms. The van der Waals surface area contributed by atoms with Gasteiger partial charge in [-0.25, -0.2) is 4.68 Å².